The lowest BCUT2D eigenvalue weighted by Gasteiger charge is -2.30. The molecule has 35 heavy (non-hydrogen) atoms. The predicted octanol–water partition coefficient (Wildman–Crippen LogP) is 7.76. The Morgan fingerprint density at radius 3 is 2.23 bits per heavy atom. The van der Waals surface area contributed by atoms with Gasteiger partial charge in [0.1, 0.15) is 23.8 Å². The fourth-order valence-electron chi connectivity index (χ4n) is 4.41. The number of anilines is 1. The molecule has 176 valence electrons. The minimum atomic E-state index is -0.148. The number of hydrogen-bond acceptors (Lipinski definition) is 5. The van der Waals surface area contributed by atoms with Gasteiger partial charge >= 0.3 is 0 Å². The average molecular weight is 479 g/mol. The molecular weight excluding hydrogens is 448 g/mol. The van der Waals surface area contributed by atoms with Crippen LogP contribution < -0.4 is 4.90 Å². The summed E-state index contributed by atoms with van der Waals surface area (Å²) in [6, 6.07) is 18.1. The van der Waals surface area contributed by atoms with E-state index in [1.807, 2.05) is 30.3 Å². The molecule has 0 saturated heterocycles. The quantitative estimate of drug-likeness (QED) is 0.381. The summed E-state index contributed by atoms with van der Waals surface area (Å²) >= 11 is 1.43. The van der Waals surface area contributed by atoms with Crippen LogP contribution in [-0.2, 0) is 0 Å². The van der Waals surface area contributed by atoms with Crippen LogP contribution in [0.2, 0.25) is 0 Å². The Labute approximate surface area is 213 Å². The Morgan fingerprint density at radius 2 is 1.63 bits per heavy atom. The summed E-state index contributed by atoms with van der Waals surface area (Å²) in [4.78, 5) is 3.98. The zero-order valence-electron chi connectivity index (χ0n) is 20.8. The van der Waals surface area contributed by atoms with Gasteiger partial charge in [-0.25, -0.2) is 0 Å². The molecule has 0 spiro atoms. The Kier molecular flexibility index (Phi) is 8.48. The lowest BCUT2D eigenvalue weighted by molar-refractivity contribution is 0.356. The van der Waals surface area contributed by atoms with Crippen LogP contribution in [0.4, 0.5) is 5.69 Å². The Morgan fingerprint density at radius 1 is 0.943 bits per heavy atom. The third-order valence-corrected chi connectivity index (χ3v) is 7.08. The highest BCUT2D eigenvalue weighted by molar-refractivity contribution is 7.14. The van der Waals surface area contributed by atoms with Crippen molar-refractivity contribution in [1.82, 2.24) is 0 Å². The molecular formula is C30H30N4S. The zero-order chi connectivity index (χ0) is 25.4. The van der Waals surface area contributed by atoms with Crippen LogP contribution in [0.25, 0.3) is 17.7 Å². The van der Waals surface area contributed by atoms with Gasteiger partial charge in [0.15, 0.2) is 0 Å². The van der Waals surface area contributed by atoms with Gasteiger partial charge in [0.2, 0.25) is 0 Å². The first-order valence-electron chi connectivity index (χ1n) is 11.8. The summed E-state index contributed by atoms with van der Waals surface area (Å²) in [7, 11) is 0. The third-order valence-electron chi connectivity index (χ3n) is 6.03. The van der Waals surface area contributed by atoms with Crippen molar-refractivity contribution in [2.24, 2.45) is 5.41 Å². The van der Waals surface area contributed by atoms with E-state index in [4.69, 9.17) is 10.5 Å². The van der Waals surface area contributed by atoms with E-state index < -0.39 is 0 Å². The maximum Gasteiger partial charge on any atom is 0.148 e. The molecule has 1 aromatic heterocycles. The molecule has 1 aliphatic carbocycles. The van der Waals surface area contributed by atoms with Gasteiger partial charge in [0, 0.05) is 28.5 Å². The van der Waals surface area contributed by atoms with Crippen LogP contribution >= 0.6 is 11.3 Å². The van der Waals surface area contributed by atoms with E-state index in [0.717, 1.165) is 30.8 Å². The van der Waals surface area contributed by atoms with Crippen molar-refractivity contribution in [1.29, 1.82) is 15.8 Å². The van der Waals surface area contributed by atoms with Crippen LogP contribution in [0, 0.1) is 39.4 Å². The van der Waals surface area contributed by atoms with Crippen molar-refractivity contribution < 1.29 is 0 Å². The highest BCUT2D eigenvalue weighted by Crippen LogP contribution is 2.40. The number of rotatable bonds is 7. The SMILES string of the molecule is CCN(CC)c1ccc(/C=C/C2=CC(=C\c3ccc(C(C#N)=C(C#N)C#N)s3)/CC(C)(C)C2)cc1. The van der Waals surface area contributed by atoms with E-state index >= 15 is 0 Å². The average Bonchev–Trinajstić information content (AvgIpc) is 3.29. The first-order valence-corrected chi connectivity index (χ1v) is 12.6. The molecule has 1 aliphatic rings. The zero-order valence-corrected chi connectivity index (χ0v) is 21.6. The van der Waals surface area contributed by atoms with Crippen molar-refractivity contribution in [3.05, 3.63) is 80.6 Å². The van der Waals surface area contributed by atoms with Gasteiger partial charge in [0.05, 0.1) is 5.57 Å². The maximum absolute atomic E-state index is 9.43. The van der Waals surface area contributed by atoms with E-state index in [9.17, 15) is 5.26 Å². The fourth-order valence-corrected chi connectivity index (χ4v) is 5.40. The van der Waals surface area contributed by atoms with Crippen molar-refractivity contribution in [2.45, 2.75) is 40.5 Å². The number of allylic oxidation sites excluding steroid dienone is 6. The van der Waals surface area contributed by atoms with Crippen molar-refractivity contribution in [3.8, 4) is 18.2 Å². The van der Waals surface area contributed by atoms with Gasteiger partial charge in [-0.15, -0.1) is 11.3 Å². The van der Waals surface area contributed by atoms with Gasteiger partial charge in [-0.3, -0.25) is 0 Å². The maximum atomic E-state index is 9.43. The second-order valence-electron chi connectivity index (χ2n) is 9.34. The fraction of sp³-hybridized carbons (Fsp3) is 0.300. The normalized spacial score (nSPS) is 15.7. The number of benzene rings is 1. The minimum Gasteiger partial charge on any atom is -0.372 e. The van der Waals surface area contributed by atoms with Gasteiger partial charge in [-0.2, -0.15) is 15.8 Å². The molecule has 1 aromatic carbocycles. The molecule has 0 fully saturated rings. The van der Waals surface area contributed by atoms with E-state index in [-0.39, 0.29) is 16.6 Å². The van der Waals surface area contributed by atoms with E-state index in [1.54, 1.807) is 0 Å². The van der Waals surface area contributed by atoms with Gasteiger partial charge in [-0.1, -0.05) is 44.2 Å². The first-order chi connectivity index (χ1) is 16.8. The Balaban J connectivity index is 1.85. The Bertz CT molecular complexity index is 1290. The second-order valence-corrected chi connectivity index (χ2v) is 10.5. The first kappa shape index (κ1) is 25.8. The number of nitrogens with zero attached hydrogens (tertiary/aromatic N) is 4. The molecule has 5 heteroatoms. The smallest absolute Gasteiger partial charge is 0.148 e. The monoisotopic (exact) mass is 478 g/mol. The molecule has 3 rings (SSSR count). The number of thiophene rings is 1. The summed E-state index contributed by atoms with van der Waals surface area (Å²) in [5, 5.41) is 27.7. The van der Waals surface area contributed by atoms with E-state index in [1.165, 1.54) is 33.7 Å². The highest BCUT2D eigenvalue weighted by atomic mass is 32.1. The van der Waals surface area contributed by atoms with Crippen molar-refractivity contribution in [2.75, 3.05) is 18.0 Å². The number of nitriles is 3. The topological polar surface area (TPSA) is 74.6 Å². The molecule has 0 bridgehead atoms. The number of hydrogen-bond donors (Lipinski definition) is 0. The molecule has 0 N–H and O–H groups in total. The molecule has 0 aliphatic heterocycles. The summed E-state index contributed by atoms with van der Waals surface area (Å²) in [5.41, 5.74) is 5.07. The van der Waals surface area contributed by atoms with Crippen LogP contribution in [-0.4, -0.2) is 13.1 Å². The summed E-state index contributed by atoms with van der Waals surface area (Å²) < 4.78 is 0. The lowest BCUT2D eigenvalue weighted by Crippen LogP contribution is -2.21. The van der Waals surface area contributed by atoms with Crippen molar-refractivity contribution in [3.63, 3.8) is 0 Å². The molecule has 0 radical (unpaired) electrons. The van der Waals surface area contributed by atoms with Gasteiger partial charge in [0.25, 0.3) is 0 Å². The van der Waals surface area contributed by atoms with E-state index in [0.29, 0.717) is 4.88 Å². The second kappa shape index (κ2) is 11.5. The molecule has 0 amide bonds. The van der Waals surface area contributed by atoms with Crippen LogP contribution in [0.1, 0.15) is 55.9 Å². The minimum absolute atomic E-state index is 0.138. The lowest BCUT2D eigenvalue weighted by atomic mass is 9.75. The summed E-state index contributed by atoms with van der Waals surface area (Å²) in [6.07, 6.45) is 10.7. The molecule has 0 unspecified atom stereocenters. The third kappa shape index (κ3) is 6.60. The molecule has 4 nitrogen and oxygen atoms in total. The van der Waals surface area contributed by atoms with Crippen molar-refractivity contribution >= 4 is 34.7 Å². The molecule has 1 heterocycles. The molecule has 2 aromatic rings. The summed E-state index contributed by atoms with van der Waals surface area (Å²) in [6.45, 7) is 10.9. The predicted molar refractivity (Wildman–Crippen MR) is 146 cm³/mol. The Hall–Kier alpha value is -3.85. The van der Waals surface area contributed by atoms with Crippen LogP contribution in [0.3, 0.4) is 0 Å². The largest absolute Gasteiger partial charge is 0.372 e. The molecule has 0 atom stereocenters. The van der Waals surface area contributed by atoms with Gasteiger partial charge in [-0.05, 0) is 79.2 Å². The standard InChI is InChI=1S/C30H30N4S/c1-5-34(6-2)26-11-9-22(10-12-26)7-8-23-15-24(18-30(3,4)17-23)16-27-13-14-29(35-27)28(21-33)25(19-31)20-32/h7-16H,5-6,17-18H2,1-4H3/b8-7+,24-16+. The van der Waals surface area contributed by atoms with E-state index in [2.05, 4.69) is 81.2 Å². The molecule has 0 saturated carbocycles. The van der Waals surface area contributed by atoms with Crippen LogP contribution in [0.5, 0.6) is 0 Å². The highest BCUT2D eigenvalue weighted by Gasteiger charge is 2.24. The van der Waals surface area contributed by atoms with Crippen LogP contribution in [0.15, 0.2) is 65.3 Å². The van der Waals surface area contributed by atoms with Gasteiger partial charge < -0.3 is 4.90 Å². The summed E-state index contributed by atoms with van der Waals surface area (Å²) in [5.74, 6) is 0.